The van der Waals surface area contributed by atoms with Crippen molar-refractivity contribution in [2.45, 2.75) is 103 Å². The molecule has 1 atom stereocenters. The van der Waals surface area contributed by atoms with E-state index in [2.05, 4.69) is 6.92 Å². The summed E-state index contributed by atoms with van der Waals surface area (Å²) in [6, 6.07) is 0. The summed E-state index contributed by atoms with van der Waals surface area (Å²) in [5.41, 5.74) is 0. The molecule has 0 aliphatic rings. The van der Waals surface area contributed by atoms with Gasteiger partial charge in [-0.05, 0) is 26.9 Å². The number of carbonyl (C=O) groups is 3. The van der Waals surface area contributed by atoms with Gasteiger partial charge in [0.05, 0.1) is 19.4 Å². The Balaban J connectivity index is 4.16. The molecule has 1 N–H and O–H groups in total. The summed E-state index contributed by atoms with van der Waals surface area (Å²) in [6.45, 7) is 3.18. The Morgan fingerprint density at radius 3 is 1.94 bits per heavy atom. The summed E-state index contributed by atoms with van der Waals surface area (Å²) in [4.78, 5) is 36.0. The lowest BCUT2D eigenvalue weighted by Gasteiger charge is -2.18. The SMILES string of the molecule is CCCCCCCCCCCCC(CCOC(=O)CCC(=O)O)OC(=O)OCCN(C)C. The third-order valence-corrected chi connectivity index (χ3v) is 5.15. The van der Waals surface area contributed by atoms with Crippen LogP contribution in [0.2, 0.25) is 0 Å². The van der Waals surface area contributed by atoms with Gasteiger partial charge in [0.15, 0.2) is 0 Å². The average Bonchev–Trinajstić information content (AvgIpc) is 2.73. The molecular weight excluding hydrogens is 414 g/mol. The second kappa shape index (κ2) is 21.0. The minimum Gasteiger partial charge on any atom is -0.481 e. The first kappa shape index (κ1) is 30.2. The maximum Gasteiger partial charge on any atom is 0.508 e. The zero-order valence-electron chi connectivity index (χ0n) is 20.4. The first-order valence-corrected chi connectivity index (χ1v) is 12.2. The van der Waals surface area contributed by atoms with Gasteiger partial charge >= 0.3 is 18.1 Å². The number of rotatable bonds is 21. The van der Waals surface area contributed by atoms with Gasteiger partial charge < -0.3 is 24.2 Å². The van der Waals surface area contributed by atoms with Gasteiger partial charge in [-0.15, -0.1) is 0 Å². The molecule has 0 fully saturated rings. The molecule has 8 heteroatoms. The van der Waals surface area contributed by atoms with Gasteiger partial charge in [0.25, 0.3) is 0 Å². The van der Waals surface area contributed by atoms with E-state index in [0.29, 0.717) is 19.4 Å². The second-order valence-corrected chi connectivity index (χ2v) is 8.52. The lowest BCUT2D eigenvalue weighted by atomic mass is 10.0. The molecule has 0 aliphatic heterocycles. The van der Waals surface area contributed by atoms with Crippen LogP contribution in [0.15, 0.2) is 0 Å². The van der Waals surface area contributed by atoms with Crippen LogP contribution in [-0.4, -0.2) is 68.1 Å². The van der Waals surface area contributed by atoms with Gasteiger partial charge in [0, 0.05) is 13.0 Å². The fourth-order valence-corrected chi connectivity index (χ4v) is 3.19. The summed E-state index contributed by atoms with van der Waals surface area (Å²) in [5, 5.41) is 8.62. The van der Waals surface area contributed by atoms with Crippen LogP contribution < -0.4 is 0 Å². The average molecular weight is 460 g/mol. The first-order valence-electron chi connectivity index (χ1n) is 12.2. The summed E-state index contributed by atoms with van der Waals surface area (Å²) in [6.07, 6.45) is 11.8. The number of carboxylic acid groups (broad SMARTS) is 1. The van der Waals surface area contributed by atoms with E-state index < -0.39 is 18.1 Å². The van der Waals surface area contributed by atoms with Crippen LogP contribution in [0.5, 0.6) is 0 Å². The van der Waals surface area contributed by atoms with Gasteiger partial charge in [-0.1, -0.05) is 64.7 Å². The highest BCUT2D eigenvalue weighted by Crippen LogP contribution is 2.15. The zero-order chi connectivity index (χ0) is 24.0. The Hall–Kier alpha value is -1.83. The molecule has 0 aliphatic carbocycles. The summed E-state index contributed by atoms with van der Waals surface area (Å²) >= 11 is 0. The lowest BCUT2D eigenvalue weighted by molar-refractivity contribution is -0.148. The van der Waals surface area contributed by atoms with E-state index >= 15 is 0 Å². The Kier molecular flexibility index (Phi) is 19.8. The molecule has 0 aromatic rings. The van der Waals surface area contributed by atoms with Crippen LogP contribution in [0.25, 0.3) is 0 Å². The topological polar surface area (TPSA) is 102 Å². The van der Waals surface area contributed by atoms with Crippen LogP contribution in [0.4, 0.5) is 4.79 Å². The zero-order valence-corrected chi connectivity index (χ0v) is 20.4. The summed E-state index contributed by atoms with van der Waals surface area (Å²) in [5.74, 6) is -1.59. The minimum atomic E-state index is -1.04. The Morgan fingerprint density at radius 2 is 1.38 bits per heavy atom. The van der Waals surface area contributed by atoms with Crippen LogP contribution in [-0.2, 0) is 23.8 Å². The molecule has 1 unspecified atom stereocenters. The van der Waals surface area contributed by atoms with Gasteiger partial charge in [0.2, 0.25) is 0 Å². The van der Waals surface area contributed by atoms with Gasteiger partial charge in [0.1, 0.15) is 12.7 Å². The molecule has 0 amide bonds. The molecule has 0 heterocycles. The largest absolute Gasteiger partial charge is 0.508 e. The standard InChI is InChI=1S/C24H45NO7/c1-4-5-6-7-8-9-10-11-12-13-14-21(32-24(29)31-20-18-25(2)3)17-19-30-23(28)16-15-22(26)27/h21H,4-20H2,1-3H3,(H,26,27). The number of esters is 1. The number of carbonyl (C=O) groups excluding carboxylic acids is 2. The Labute approximate surface area is 194 Å². The second-order valence-electron chi connectivity index (χ2n) is 8.52. The van der Waals surface area contributed by atoms with Gasteiger partial charge in [-0.2, -0.15) is 0 Å². The minimum absolute atomic E-state index is 0.0891. The molecule has 0 aromatic carbocycles. The highest BCUT2D eigenvalue weighted by atomic mass is 16.7. The molecule has 188 valence electrons. The van der Waals surface area contributed by atoms with Crippen molar-refractivity contribution in [3.63, 3.8) is 0 Å². The number of hydrogen-bond donors (Lipinski definition) is 1. The monoisotopic (exact) mass is 459 g/mol. The van der Waals surface area contributed by atoms with Crippen molar-refractivity contribution < 1.29 is 33.7 Å². The van der Waals surface area contributed by atoms with Crippen molar-refractivity contribution in [1.29, 1.82) is 0 Å². The number of aliphatic carboxylic acids is 1. The van der Waals surface area contributed by atoms with Gasteiger partial charge in [-0.25, -0.2) is 4.79 Å². The molecule has 0 saturated heterocycles. The number of hydrogen-bond acceptors (Lipinski definition) is 7. The van der Waals surface area contributed by atoms with Crippen LogP contribution in [0.3, 0.4) is 0 Å². The van der Waals surface area contributed by atoms with Crippen LogP contribution in [0.1, 0.15) is 96.8 Å². The highest BCUT2D eigenvalue weighted by Gasteiger charge is 2.17. The molecule has 0 rings (SSSR count). The number of carboxylic acids is 1. The van der Waals surface area contributed by atoms with Gasteiger partial charge in [-0.3, -0.25) is 9.59 Å². The van der Waals surface area contributed by atoms with E-state index in [1.807, 2.05) is 19.0 Å². The fraction of sp³-hybridized carbons (Fsp3) is 0.875. The van der Waals surface area contributed by atoms with E-state index in [0.717, 1.165) is 19.3 Å². The van der Waals surface area contributed by atoms with E-state index in [1.165, 1.54) is 44.9 Å². The molecular formula is C24H45NO7. The molecule has 0 radical (unpaired) electrons. The summed E-state index contributed by atoms with van der Waals surface area (Å²) < 4.78 is 15.6. The quantitative estimate of drug-likeness (QED) is 0.185. The van der Waals surface area contributed by atoms with Crippen molar-refractivity contribution in [3.8, 4) is 0 Å². The number of nitrogens with zero attached hydrogens (tertiary/aromatic N) is 1. The van der Waals surface area contributed by atoms with Crippen molar-refractivity contribution in [1.82, 2.24) is 4.90 Å². The lowest BCUT2D eigenvalue weighted by Crippen LogP contribution is -2.25. The number of unbranched alkanes of at least 4 members (excludes halogenated alkanes) is 9. The van der Waals surface area contributed by atoms with Crippen molar-refractivity contribution in [2.24, 2.45) is 0 Å². The van der Waals surface area contributed by atoms with E-state index in [4.69, 9.17) is 19.3 Å². The van der Waals surface area contributed by atoms with Crippen molar-refractivity contribution in [3.05, 3.63) is 0 Å². The van der Waals surface area contributed by atoms with Crippen LogP contribution >= 0.6 is 0 Å². The van der Waals surface area contributed by atoms with Crippen molar-refractivity contribution in [2.75, 3.05) is 33.9 Å². The van der Waals surface area contributed by atoms with Crippen molar-refractivity contribution >= 4 is 18.1 Å². The highest BCUT2D eigenvalue weighted by molar-refractivity contribution is 5.76. The molecule has 0 saturated carbocycles. The maximum absolute atomic E-state index is 12.0. The maximum atomic E-state index is 12.0. The van der Waals surface area contributed by atoms with E-state index in [1.54, 1.807) is 0 Å². The fourth-order valence-electron chi connectivity index (χ4n) is 3.19. The molecule has 0 aromatic heterocycles. The predicted octanol–water partition coefficient (Wildman–Crippen LogP) is 5.18. The molecule has 32 heavy (non-hydrogen) atoms. The predicted molar refractivity (Wildman–Crippen MR) is 124 cm³/mol. The Morgan fingerprint density at radius 1 is 0.781 bits per heavy atom. The van der Waals surface area contributed by atoms with Crippen LogP contribution in [0, 0.1) is 0 Å². The molecule has 8 nitrogen and oxygen atoms in total. The Bertz CT molecular complexity index is 497. The van der Waals surface area contributed by atoms with E-state index in [-0.39, 0.29) is 32.2 Å². The molecule has 0 spiro atoms. The number of ether oxygens (including phenoxy) is 3. The third kappa shape index (κ3) is 21.4. The van der Waals surface area contributed by atoms with E-state index in [9.17, 15) is 14.4 Å². The number of likely N-dealkylation sites (N-methyl/N-ethyl adjacent to an activating group) is 1. The third-order valence-electron chi connectivity index (χ3n) is 5.15. The summed E-state index contributed by atoms with van der Waals surface area (Å²) in [7, 11) is 3.78. The molecule has 0 bridgehead atoms. The smallest absolute Gasteiger partial charge is 0.481 e. The normalized spacial score (nSPS) is 11.9. The first-order chi connectivity index (χ1) is 15.3.